The molecule has 4 unspecified atom stereocenters. The molecule has 0 spiro atoms. The standard InChI is InChI=1S/4C11H22/c4*1-6-9-7-10(8(2)3)11(9,4)5/h4*8-10H,6-7H2,1-5H3/t4*9-,10?/m1100/s1. The quantitative estimate of drug-likeness (QED) is 0.254. The van der Waals surface area contributed by atoms with E-state index in [4.69, 9.17) is 0 Å². The molecule has 44 heavy (non-hydrogen) atoms. The first-order valence-electron chi connectivity index (χ1n) is 20.0. The molecule has 0 aromatic carbocycles. The highest BCUT2D eigenvalue weighted by Crippen LogP contribution is 2.58. The molecule has 0 aromatic heterocycles. The Bertz CT molecular complexity index is 668. The molecule has 0 radical (unpaired) electrons. The number of rotatable bonds is 8. The monoisotopic (exact) mass is 617 g/mol. The van der Waals surface area contributed by atoms with Crippen molar-refractivity contribution in [2.75, 3.05) is 0 Å². The summed E-state index contributed by atoms with van der Waals surface area (Å²) in [5.74, 6) is 11.4. The predicted octanol–water partition coefficient (Wildman–Crippen LogP) is 14.9. The fourth-order valence-corrected chi connectivity index (χ4v) is 11.5. The number of hydrogen-bond acceptors (Lipinski definition) is 0. The van der Waals surface area contributed by atoms with Crippen LogP contribution in [0.2, 0.25) is 0 Å². The van der Waals surface area contributed by atoms with Crippen molar-refractivity contribution in [3.05, 3.63) is 0 Å². The molecule has 0 amide bonds. The van der Waals surface area contributed by atoms with E-state index in [9.17, 15) is 0 Å². The van der Waals surface area contributed by atoms with Crippen molar-refractivity contribution in [2.45, 2.75) is 190 Å². The molecule has 0 bridgehead atoms. The van der Waals surface area contributed by atoms with E-state index in [-0.39, 0.29) is 0 Å². The minimum absolute atomic E-state index is 0.628. The van der Waals surface area contributed by atoms with Crippen LogP contribution in [-0.2, 0) is 0 Å². The summed E-state index contributed by atoms with van der Waals surface area (Å²) in [5, 5.41) is 0. The van der Waals surface area contributed by atoms with Crippen LogP contribution in [-0.4, -0.2) is 0 Å². The van der Waals surface area contributed by atoms with Gasteiger partial charge in [0, 0.05) is 0 Å². The molecule has 4 rings (SSSR count). The lowest BCUT2D eigenvalue weighted by Crippen LogP contribution is -2.46. The van der Waals surface area contributed by atoms with E-state index < -0.39 is 0 Å². The Morgan fingerprint density at radius 2 is 0.477 bits per heavy atom. The molecule has 4 fully saturated rings. The van der Waals surface area contributed by atoms with Crippen LogP contribution >= 0.6 is 0 Å². The van der Waals surface area contributed by atoms with Gasteiger partial charge in [-0.2, -0.15) is 0 Å². The Hall–Kier alpha value is 0. The molecular weight excluding hydrogens is 528 g/mol. The highest BCUT2D eigenvalue weighted by Gasteiger charge is 2.50. The maximum Gasteiger partial charge on any atom is -0.0295 e. The lowest BCUT2D eigenvalue weighted by molar-refractivity contribution is -0.0503. The second kappa shape index (κ2) is 16.4. The van der Waals surface area contributed by atoms with Crippen molar-refractivity contribution in [1.82, 2.24) is 0 Å². The van der Waals surface area contributed by atoms with E-state index in [1.54, 1.807) is 0 Å². The zero-order valence-electron chi connectivity index (χ0n) is 34.6. The molecule has 0 aliphatic heterocycles. The first-order chi connectivity index (χ1) is 20.0. The molecule has 0 nitrogen and oxygen atoms in total. The zero-order valence-corrected chi connectivity index (χ0v) is 34.6. The van der Waals surface area contributed by atoms with Crippen molar-refractivity contribution in [1.29, 1.82) is 0 Å². The van der Waals surface area contributed by atoms with Crippen molar-refractivity contribution in [2.24, 2.45) is 92.7 Å². The lowest BCUT2D eigenvalue weighted by Gasteiger charge is -2.54. The van der Waals surface area contributed by atoms with Crippen LogP contribution in [0, 0.1) is 92.7 Å². The van der Waals surface area contributed by atoms with Gasteiger partial charge in [-0.1, -0.05) is 164 Å². The van der Waals surface area contributed by atoms with Gasteiger partial charge in [0.1, 0.15) is 0 Å². The van der Waals surface area contributed by atoms with Crippen LogP contribution in [0.25, 0.3) is 0 Å². The van der Waals surface area contributed by atoms with Crippen molar-refractivity contribution in [3.63, 3.8) is 0 Å². The number of hydrogen-bond donors (Lipinski definition) is 0. The van der Waals surface area contributed by atoms with Gasteiger partial charge < -0.3 is 0 Å². The van der Waals surface area contributed by atoms with E-state index in [1.165, 1.54) is 51.4 Å². The van der Waals surface area contributed by atoms with E-state index >= 15 is 0 Å². The Labute approximate surface area is 281 Å². The first-order valence-corrected chi connectivity index (χ1v) is 20.0. The van der Waals surface area contributed by atoms with Crippen LogP contribution in [0.15, 0.2) is 0 Å². The van der Waals surface area contributed by atoms with E-state index in [2.05, 4.69) is 138 Å². The highest BCUT2D eigenvalue weighted by molar-refractivity contribution is 4.99. The maximum absolute atomic E-state index is 2.44. The Morgan fingerprint density at radius 1 is 0.341 bits per heavy atom. The summed E-state index contributed by atoms with van der Waals surface area (Å²) in [6.45, 7) is 47.7. The third-order valence-corrected chi connectivity index (χ3v) is 15.4. The smallest absolute Gasteiger partial charge is 0.0295 e. The summed E-state index contributed by atoms with van der Waals surface area (Å²) in [6.07, 6.45) is 11.4. The van der Waals surface area contributed by atoms with Gasteiger partial charge in [-0.15, -0.1) is 0 Å². The third-order valence-electron chi connectivity index (χ3n) is 15.4. The molecule has 4 aliphatic carbocycles. The van der Waals surface area contributed by atoms with Gasteiger partial charge in [-0.25, -0.2) is 0 Å². The maximum atomic E-state index is 2.44. The van der Waals surface area contributed by atoms with Crippen LogP contribution in [0.4, 0.5) is 0 Å². The molecule has 264 valence electrons. The van der Waals surface area contributed by atoms with Gasteiger partial charge in [0.15, 0.2) is 0 Å². The SMILES string of the molecule is CC[C@@H]1CC(C(C)C)C1(C)C.CC[C@@H]1CC(C(C)C)C1(C)C.CC[C@H]1CC(C(C)C)C1(C)C.CC[C@H]1CC(C(C)C)C1(C)C. The topological polar surface area (TPSA) is 0 Å². The van der Waals surface area contributed by atoms with Gasteiger partial charge in [0.25, 0.3) is 0 Å². The van der Waals surface area contributed by atoms with Gasteiger partial charge in [-0.3, -0.25) is 0 Å². The Balaban J connectivity index is 0.000000293. The van der Waals surface area contributed by atoms with Gasteiger partial charge in [0.05, 0.1) is 0 Å². The second-order valence-electron chi connectivity index (χ2n) is 20.1. The molecular formula is C44H88. The Kier molecular flexibility index (Phi) is 15.7. The van der Waals surface area contributed by atoms with E-state index in [0.717, 1.165) is 71.0 Å². The van der Waals surface area contributed by atoms with Crippen LogP contribution in [0.5, 0.6) is 0 Å². The average molecular weight is 617 g/mol. The van der Waals surface area contributed by atoms with Crippen LogP contribution in [0.1, 0.15) is 190 Å². The van der Waals surface area contributed by atoms with Crippen molar-refractivity contribution < 1.29 is 0 Å². The van der Waals surface area contributed by atoms with Crippen molar-refractivity contribution >= 4 is 0 Å². The normalized spacial score (nSPS) is 35.5. The zero-order chi connectivity index (χ0) is 34.6. The molecule has 8 atom stereocenters. The molecule has 4 aliphatic rings. The van der Waals surface area contributed by atoms with E-state index in [1.807, 2.05) is 0 Å². The van der Waals surface area contributed by atoms with Gasteiger partial charge in [0.2, 0.25) is 0 Å². The minimum atomic E-state index is 0.628. The molecule has 4 saturated carbocycles. The fraction of sp³-hybridized carbons (Fsp3) is 1.00. The lowest BCUT2D eigenvalue weighted by atomic mass is 9.51. The summed E-state index contributed by atoms with van der Waals surface area (Å²) in [5.41, 5.74) is 2.51. The largest absolute Gasteiger partial charge is 0.0651 e. The van der Waals surface area contributed by atoms with Gasteiger partial charge in [-0.05, 0) is 118 Å². The van der Waals surface area contributed by atoms with E-state index in [0.29, 0.717) is 21.7 Å². The second-order valence-corrected chi connectivity index (χ2v) is 20.1. The summed E-state index contributed by atoms with van der Waals surface area (Å²) >= 11 is 0. The minimum Gasteiger partial charge on any atom is -0.0651 e. The third kappa shape index (κ3) is 9.12. The molecule has 0 heterocycles. The summed E-state index contributed by atoms with van der Waals surface area (Å²) in [7, 11) is 0. The molecule has 0 heteroatoms. The summed E-state index contributed by atoms with van der Waals surface area (Å²) < 4.78 is 0. The Morgan fingerprint density at radius 3 is 0.545 bits per heavy atom. The predicted molar refractivity (Wildman–Crippen MR) is 202 cm³/mol. The molecule has 0 N–H and O–H groups in total. The highest BCUT2D eigenvalue weighted by atomic mass is 14.5. The van der Waals surface area contributed by atoms with Crippen molar-refractivity contribution in [3.8, 4) is 0 Å². The average Bonchev–Trinajstić information content (AvgIpc) is 2.87. The van der Waals surface area contributed by atoms with Crippen LogP contribution in [0.3, 0.4) is 0 Å². The summed E-state index contributed by atoms with van der Waals surface area (Å²) in [6, 6.07) is 0. The summed E-state index contributed by atoms with van der Waals surface area (Å²) in [4.78, 5) is 0. The van der Waals surface area contributed by atoms with Gasteiger partial charge >= 0.3 is 0 Å². The fourth-order valence-electron chi connectivity index (χ4n) is 11.5. The first kappa shape index (κ1) is 42.0. The molecule has 0 aromatic rings. The van der Waals surface area contributed by atoms with Crippen LogP contribution < -0.4 is 0 Å². The molecule has 0 saturated heterocycles.